The summed E-state index contributed by atoms with van der Waals surface area (Å²) in [6, 6.07) is 28.8. The van der Waals surface area contributed by atoms with Crippen molar-refractivity contribution in [2.45, 2.75) is 0 Å². The van der Waals surface area contributed by atoms with E-state index in [-0.39, 0.29) is 17.1 Å². The standard InChI is InChI=1S/C22H16N3.C5H5.Fe/c1-2-8-19(9-3-1)25-22(16-6-4-5-7-16)20(15-24-25)17-10-11-21-18(14-17)12-13-23-21;1-2-4-5-3-1;/h1-15,24H;1-5H;/q2*-1;+2. The number of fused-ring (bicyclic) bond motifs is 1. The van der Waals surface area contributed by atoms with Gasteiger partial charge in [-0.3, -0.25) is 5.01 Å². The first-order valence-corrected chi connectivity index (χ1v) is 9.99. The minimum atomic E-state index is 0. The summed E-state index contributed by atoms with van der Waals surface area (Å²) in [5.74, 6) is 0. The van der Waals surface area contributed by atoms with Crippen LogP contribution in [-0.2, 0) is 17.1 Å². The van der Waals surface area contributed by atoms with Crippen LogP contribution in [-0.4, -0.2) is 0 Å². The number of allylic oxidation sites excluding steroid dienone is 6. The molecular weight excluding hydrogens is 422 g/mol. The van der Waals surface area contributed by atoms with Crippen molar-refractivity contribution in [3.05, 3.63) is 138 Å². The van der Waals surface area contributed by atoms with E-state index in [1.165, 1.54) is 22.1 Å². The summed E-state index contributed by atoms with van der Waals surface area (Å²) in [6.45, 7) is 0. The predicted octanol–water partition coefficient (Wildman–Crippen LogP) is 5.95. The Balaban J connectivity index is 0.000000342. The Morgan fingerprint density at radius 3 is 2.32 bits per heavy atom. The van der Waals surface area contributed by atoms with Crippen LogP contribution in [0.25, 0.3) is 16.5 Å². The molecule has 152 valence electrons. The van der Waals surface area contributed by atoms with Crippen molar-refractivity contribution in [2.24, 2.45) is 0 Å². The first-order valence-electron chi connectivity index (χ1n) is 9.99. The molecule has 0 spiro atoms. The number of benzene rings is 2. The first-order chi connectivity index (χ1) is 14.9. The van der Waals surface area contributed by atoms with Gasteiger partial charge in [0.15, 0.2) is 0 Å². The molecule has 3 aromatic carbocycles. The third kappa shape index (κ3) is 4.31. The molecule has 2 aliphatic rings. The van der Waals surface area contributed by atoms with Crippen LogP contribution in [0.1, 0.15) is 5.56 Å². The molecule has 0 saturated heterocycles. The van der Waals surface area contributed by atoms with Crippen molar-refractivity contribution in [3.8, 4) is 0 Å². The zero-order chi connectivity index (χ0) is 20.2. The molecule has 1 aliphatic carbocycles. The van der Waals surface area contributed by atoms with Gasteiger partial charge in [-0.1, -0.05) is 60.7 Å². The zero-order valence-corrected chi connectivity index (χ0v) is 17.9. The summed E-state index contributed by atoms with van der Waals surface area (Å²) >= 11 is 0. The normalized spacial score (nSPS) is 14.2. The molecule has 6 rings (SSSR count). The second kappa shape index (κ2) is 9.48. The molecule has 31 heavy (non-hydrogen) atoms. The molecule has 4 aromatic rings. The molecule has 0 radical (unpaired) electrons. The van der Waals surface area contributed by atoms with Crippen LogP contribution in [0.4, 0.5) is 5.69 Å². The smallest absolute Gasteiger partial charge is 0.664 e. The number of hydrazine groups is 1. The van der Waals surface area contributed by atoms with Crippen molar-refractivity contribution in [3.63, 3.8) is 0 Å². The molecule has 2 heterocycles. The Morgan fingerprint density at radius 1 is 0.839 bits per heavy atom. The van der Waals surface area contributed by atoms with E-state index in [4.69, 9.17) is 0 Å². The minimum Gasteiger partial charge on any atom is -0.664 e. The fourth-order valence-corrected chi connectivity index (χ4v) is 3.69. The van der Waals surface area contributed by atoms with E-state index in [9.17, 15) is 0 Å². The van der Waals surface area contributed by atoms with Gasteiger partial charge in [-0.05, 0) is 29.1 Å². The van der Waals surface area contributed by atoms with E-state index < -0.39 is 0 Å². The van der Waals surface area contributed by atoms with Crippen LogP contribution in [0.5, 0.6) is 0 Å². The molecule has 1 aliphatic heterocycles. The molecule has 0 bridgehead atoms. The van der Waals surface area contributed by atoms with E-state index in [1.54, 1.807) is 0 Å². The minimum absolute atomic E-state index is 0. The predicted molar refractivity (Wildman–Crippen MR) is 125 cm³/mol. The van der Waals surface area contributed by atoms with Crippen molar-refractivity contribution < 1.29 is 17.1 Å². The van der Waals surface area contributed by atoms with Crippen LogP contribution in [0.2, 0.25) is 0 Å². The number of anilines is 1. The SMILES string of the molecule is C1=CC(=C2C(c3ccc4[n-]ccc4c3)=CNN2c2ccccc2)C=C1.[Fe+2].c1cc[cH-]c1. The summed E-state index contributed by atoms with van der Waals surface area (Å²) < 4.78 is 0. The number of rotatable bonds is 2. The molecule has 0 amide bonds. The summed E-state index contributed by atoms with van der Waals surface area (Å²) in [5, 5.41) is 3.30. The quantitative estimate of drug-likeness (QED) is 0.307. The molecule has 0 atom stereocenters. The van der Waals surface area contributed by atoms with Crippen molar-refractivity contribution in [2.75, 3.05) is 5.01 Å². The molecular formula is C27H21FeN3. The number of hydrogen-bond acceptors (Lipinski definition) is 2. The maximum absolute atomic E-state index is 4.37. The van der Waals surface area contributed by atoms with E-state index >= 15 is 0 Å². The number of para-hydroxylation sites is 1. The van der Waals surface area contributed by atoms with Gasteiger partial charge >= 0.3 is 17.1 Å². The van der Waals surface area contributed by atoms with Crippen molar-refractivity contribution >= 4 is 22.2 Å². The Bertz CT molecular complexity index is 1230. The van der Waals surface area contributed by atoms with Gasteiger partial charge in [-0.25, -0.2) is 12.1 Å². The van der Waals surface area contributed by atoms with E-state index in [0.29, 0.717) is 0 Å². The Morgan fingerprint density at radius 2 is 1.61 bits per heavy atom. The van der Waals surface area contributed by atoms with Gasteiger partial charge < -0.3 is 10.4 Å². The summed E-state index contributed by atoms with van der Waals surface area (Å²) in [5.41, 5.74) is 10.3. The van der Waals surface area contributed by atoms with Crippen LogP contribution in [0.3, 0.4) is 0 Å². The maximum atomic E-state index is 4.37. The van der Waals surface area contributed by atoms with Crippen LogP contribution < -0.4 is 15.4 Å². The Kier molecular flexibility index (Phi) is 6.32. The third-order valence-electron chi connectivity index (χ3n) is 5.13. The number of hydrogen-bond donors (Lipinski definition) is 1. The molecule has 0 unspecified atom stereocenters. The average molecular weight is 443 g/mol. The second-order valence-electron chi connectivity index (χ2n) is 7.06. The van der Waals surface area contributed by atoms with Gasteiger partial charge in [0.1, 0.15) is 0 Å². The maximum Gasteiger partial charge on any atom is 2.00 e. The van der Waals surface area contributed by atoms with E-state index in [2.05, 4.69) is 94.5 Å². The Labute approximate surface area is 192 Å². The van der Waals surface area contributed by atoms with E-state index in [1.807, 2.05) is 42.6 Å². The first kappa shape index (κ1) is 20.7. The average Bonchev–Trinajstić information content (AvgIpc) is 3.60. The van der Waals surface area contributed by atoms with Crippen LogP contribution >= 0.6 is 0 Å². The number of nitrogens with zero attached hydrogens (tertiary/aromatic N) is 2. The molecule has 1 N–H and O–H groups in total. The van der Waals surface area contributed by atoms with E-state index in [0.717, 1.165) is 16.9 Å². The molecule has 4 heteroatoms. The number of nitrogens with one attached hydrogen (secondary N) is 1. The van der Waals surface area contributed by atoms with Gasteiger partial charge in [0.05, 0.1) is 11.4 Å². The van der Waals surface area contributed by atoms with Crippen molar-refractivity contribution in [1.82, 2.24) is 10.4 Å². The third-order valence-corrected chi connectivity index (χ3v) is 5.13. The van der Waals surface area contributed by atoms with Gasteiger partial charge in [-0.15, -0.1) is 5.52 Å². The molecule has 3 nitrogen and oxygen atoms in total. The summed E-state index contributed by atoms with van der Waals surface area (Å²) in [6.07, 6.45) is 12.4. The summed E-state index contributed by atoms with van der Waals surface area (Å²) in [4.78, 5) is 4.37. The summed E-state index contributed by atoms with van der Waals surface area (Å²) in [7, 11) is 0. The van der Waals surface area contributed by atoms with Gasteiger partial charge in [0.2, 0.25) is 0 Å². The Hall–Kier alpha value is -3.59. The topological polar surface area (TPSA) is 29.4 Å². The molecule has 0 saturated carbocycles. The largest absolute Gasteiger partial charge is 2.00 e. The monoisotopic (exact) mass is 443 g/mol. The number of aromatic nitrogens is 1. The molecule has 0 fully saturated rings. The zero-order valence-electron chi connectivity index (χ0n) is 16.8. The van der Waals surface area contributed by atoms with Gasteiger partial charge in [0.25, 0.3) is 0 Å². The molecule has 1 aromatic heterocycles. The van der Waals surface area contributed by atoms with Gasteiger partial charge in [0, 0.05) is 17.3 Å². The fourth-order valence-electron chi connectivity index (χ4n) is 3.69. The van der Waals surface area contributed by atoms with Gasteiger partial charge in [-0.2, -0.15) is 24.4 Å². The fraction of sp³-hybridized carbons (Fsp3) is 0. The van der Waals surface area contributed by atoms with Crippen molar-refractivity contribution in [1.29, 1.82) is 0 Å². The second-order valence-corrected chi connectivity index (χ2v) is 7.06. The van der Waals surface area contributed by atoms with Crippen LogP contribution in [0, 0.1) is 0 Å². The van der Waals surface area contributed by atoms with Crippen LogP contribution in [0.15, 0.2) is 133 Å².